The minimum absolute atomic E-state index is 0.197. The number of alkyl halides is 3. The molecular formula is C16H19F3NO5P. The van der Waals surface area contributed by atoms with Crippen LogP contribution in [-0.2, 0) is 10.7 Å². The summed E-state index contributed by atoms with van der Waals surface area (Å²) in [4.78, 5) is 21.6. The Bertz CT molecular complexity index is 713. The molecule has 0 aliphatic carbocycles. The highest BCUT2D eigenvalue weighted by molar-refractivity contribution is 7.45. The molecule has 0 heterocycles. The molecule has 144 valence electrons. The minimum Gasteiger partial charge on any atom is -0.494 e. The van der Waals surface area contributed by atoms with Gasteiger partial charge in [-0.1, -0.05) is 36.4 Å². The van der Waals surface area contributed by atoms with Crippen LogP contribution < -0.4 is 10.5 Å². The van der Waals surface area contributed by atoms with E-state index in [1.807, 2.05) is 30.3 Å². The average Bonchev–Trinajstić information content (AvgIpc) is 2.53. The minimum atomic E-state index is -4.64. The van der Waals surface area contributed by atoms with Crippen LogP contribution in [0.5, 0.6) is 5.75 Å². The second-order valence-corrected chi connectivity index (χ2v) is 6.22. The van der Waals surface area contributed by atoms with Crippen LogP contribution in [0.25, 0.3) is 0 Å². The lowest BCUT2D eigenvalue weighted by Gasteiger charge is -2.14. The van der Waals surface area contributed by atoms with Crippen molar-refractivity contribution in [3.63, 3.8) is 0 Å². The molecule has 5 N–H and O–H groups in total. The van der Waals surface area contributed by atoms with E-state index in [1.54, 1.807) is 0 Å². The summed E-state index contributed by atoms with van der Waals surface area (Å²) < 4.78 is 51.9. The molecule has 0 saturated heterocycles. The predicted molar refractivity (Wildman–Crippen MR) is 89.2 cm³/mol. The first-order valence-corrected chi connectivity index (χ1v) is 8.92. The van der Waals surface area contributed by atoms with Crippen molar-refractivity contribution in [2.45, 2.75) is 18.6 Å². The first-order chi connectivity index (χ1) is 12.0. The Morgan fingerprint density at radius 2 is 1.62 bits per heavy atom. The Balaban J connectivity index is 0.000000597. The number of halogens is 3. The normalized spacial score (nSPS) is 12.7. The third kappa shape index (κ3) is 9.55. The van der Waals surface area contributed by atoms with Crippen molar-refractivity contribution in [3.8, 4) is 5.75 Å². The molecule has 2 aromatic rings. The van der Waals surface area contributed by atoms with Crippen molar-refractivity contribution in [3.05, 3.63) is 65.7 Å². The summed E-state index contributed by atoms with van der Waals surface area (Å²) in [6, 6.07) is 14.2. The Hall–Kier alpha value is -1.90. The van der Waals surface area contributed by atoms with Gasteiger partial charge in [0.1, 0.15) is 5.75 Å². The Labute approximate surface area is 148 Å². The highest BCUT2D eigenvalue weighted by Crippen LogP contribution is 2.31. The van der Waals surface area contributed by atoms with E-state index >= 15 is 0 Å². The molecule has 1 unspecified atom stereocenters. The fourth-order valence-electron chi connectivity index (χ4n) is 1.93. The van der Waals surface area contributed by atoms with Gasteiger partial charge in [-0.05, 0) is 23.8 Å². The molecule has 0 amide bonds. The van der Waals surface area contributed by atoms with Crippen molar-refractivity contribution in [1.82, 2.24) is 0 Å². The van der Waals surface area contributed by atoms with Crippen molar-refractivity contribution < 1.29 is 37.2 Å². The number of nitrogens with two attached hydrogens (primary N) is 1. The van der Waals surface area contributed by atoms with Gasteiger partial charge in [0.15, 0.2) is 0 Å². The average molecular weight is 393 g/mol. The van der Waals surface area contributed by atoms with Crippen LogP contribution in [0, 0.1) is 0 Å². The molecule has 0 aliphatic heterocycles. The summed E-state index contributed by atoms with van der Waals surface area (Å²) in [5.74, 6) is 0.199. The van der Waals surface area contributed by atoms with Gasteiger partial charge in [-0.25, -0.2) is 4.57 Å². The molecule has 6 nitrogen and oxygen atoms in total. The number of ether oxygens (including phenoxy) is 1. The first-order valence-electron chi connectivity index (χ1n) is 7.35. The topological polar surface area (TPSA) is 113 Å². The van der Waals surface area contributed by atoms with Gasteiger partial charge in [0, 0.05) is 12.5 Å². The van der Waals surface area contributed by atoms with Crippen molar-refractivity contribution in [1.29, 1.82) is 0 Å². The van der Waals surface area contributed by atoms with Gasteiger partial charge in [0.05, 0.1) is 12.2 Å². The van der Waals surface area contributed by atoms with Crippen LogP contribution in [0.3, 0.4) is 0 Å². The number of hydrogen-bond acceptors (Lipinski definition) is 3. The van der Waals surface area contributed by atoms with E-state index in [1.165, 1.54) is 12.1 Å². The Morgan fingerprint density at radius 3 is 2.15 bits per heavy atom. The molecule has 0 saturated carbocycles. The van der Waals surface area contributed by atoms with Crippen molar-refractivity contribution >= 4 is 7.82 Å². The summed E-state index contributed by atoms with van der Waals surface area (Å²) >= 11 is 0. The molecule has 0 aromatic heterocycles. The van der Waals surface area contributed by atoms with E-state index in [0.29, 0.717) is 6.42 Å². The van der Waals surface area contributed by atoms with Crippen LogP contribution in [-0.4, -0.2) is 21.3 Å². The van der Waals surface area contributed by atoms with Crippen LogP contribution in [0.2, 0.25) is 0 Å². The van der Waals surface area contributed by atoms with Gasteiger partial charge in [-0.15, -0.1) is 0 Å². The number of phosphoric acid groups is 1. The van der Waals surface area contributed by atoms with E-state index in [-0.39, 0.29) is 18.4 Å². The summed E-state index contributed by atoms with van der Waals surface area (Å²) in [5.41, 5.74) is 6.26. The van der Waals surface area contributed by atoms with Crippen molar-refractivity contribution in [2.75, 3.05) is 6.61 Å². The second kappa shape index (κ2) is 9.70. The first kappa shape index (κ1) is 22.1. The fourth-order valence-corrected chi connectivity index (χ4v) is 1.93. The maximum Gasteiger partial charge on any atom is 0.466 e. The molecule has 26 heavy (non-hydrogen) atoms. The fraction of sp³-hybridized carbons (Fsp3) is 0.250. The third-order valence-electron chi connectivity index (χ3n) is 3.09. The van der Waals surface area contributed by atoms with E-state index in [4.69, 9.17) is 29.7 Å². The van der Waals surface area contributed by atoms with Gasteiger partial charge in [0.2, 0.25) is 0 Å². The number of hydrogen-bond donors (Lipinski definition) is 4. The zero-order valence-corrected chi connectivity index (χ0v) is 14.4. The lowest BCUT2D eigenvalue weighted by atomic mass is 10.1. The molecule has 2 rings (SSSR count). The molecule has 0 spiro atoms. The van der Waals surface area contributed by atoms with Gasteiger partial charge in [0.25, 0.3) is 0 Å². The number of rotatable bonds is 5. The Morgan fingerprint density at radius 1 is 1.04 bits per heavy atom. The Kier molecular flexibility index (Phi) is 8.26. The highest BCUT2D eigenvalue weighted by atomic mass is 31.2. The summed E-state index contributed by atoms with van der Waals surface area (Å²) in [6.07, 6.45) is -3.83. The molecular weight excluding hydrogens is 374 g/mol. The maximum atomic E-state index is 12.6. The lowest BCUT2D eigenvalue weighted by Crippen LogP contribution is -2.14. The molecule has 0 radical (unpaired) electrons. The molecule has 0 bridgehead atoms. The maximum absolute atomic E-state index is 12.6. The van der Waals surface area contributed by atoms with Crippen LogP contribution >= 0.6 is 7.82 Å². The van der Waals surface area contributed by atoms with Gasteiger partial charge in [-0.3, -0.25) is 0 Å². The molecule has 0 aliphatic rings. The molecule has 1 atom stereocenters. The second-order valence-electron chi connectivity index (χ2n) is 5.19. The SMILES string of the molecule is NC(CCOc1cccc(C(F)(F)F)c1)c1ccccc1.O=P(O)(O)O. The summed E-state index contributed by atoms with van der Waals surface area (Å²) in [6.45, 7) is 0.261. The zero-order chi connectivity index (χ0) is 19.8. The van der Waals surface area contributed by atoms with Crippen LogP contribution in [0.1, 0.15) is 23.6 Å². The summed E-state index contributed by atoms with van der Waals surface area (Å²) in [5, 5.41) is 0. The van der Waals surface area contributed by atoms with Gasteiger partial charge in [-0.2, -0.15) is 13.2 Å². The standard InChI is InChI=1S/C16H16F3NO.H3O4P/c17-16(18,19)13-7-4-8-14(11-13)21-10-9-15(20)12-5-2-1-3-6-12;1-5(2,3)4/h1-8,11,15H,9-10,20H2;(H3,1,2,3,4). The molecule has 0 fully saturated rings. The van der Waals surface area contributed by atoms with E-state index in [9.17, 15) is 13.2 Å². The van der Waals surface area contributed by atoms with E-state index < -0.39 is 19.6 Å². The predicted octanol–water partition coefficient (Wildman–Crippen LogP) is 3.25. The van der Waals surface area contributed by atoms with Gasteiger partial charge >= 0.3 is 14.0 Å². The highest BCUT2D eigenvalue weighted by Gasteiger charge is 2.30. The van der Waals surface area contributed by atoms with Crippen LogP contribution in [0.15, 0.2) is 54.6 Å². The largest absolute Gasteiger partial charge is 0.494 e. The smallest absolute Gasteiger partial charge is 0.466 e. The van der Waals surface area contributed by atoms with E-state index in [0.717, 1.165) is 17.7 Å². The quantitative estimate of drug-likeness (QED) is 0.580. The van der Waals surface area contributed by atoms with Gasteiger partial charge < -0.3 is 25.2 Å². The molecule has 2 aromatic carbocycles. The summed E-state index contributed by atoms with van der Waals surface area (Å²) in [7, 11) is -4.64. The monoisotopic (exact) mass is 393 g/mol. The zero-order valence-electron chi connectivity index (χ0n) is 13.5. The van der Waals surface area contributed by atoms with E-state index in [2.05, 4.69) is 0 Å². The van der Waals surface area contributed by atoms with Crippen molar-refractivity contribution in [2.24, 2.45) is 5.73 Å². The lowest BCUT2D eigenvalue weighted by molar-refractivity contribution is -0.137. The molecule has 10 heteroatoms. The van der Waals surface area contributed by atoms with Crippen LogP contribution in [0.4, 0.5) is 13.2 Å². The number of benzene rings is 2. The third-order valence-corrected chi connectivity index (χ3v) is 3.09.